The summed E-state index contributed by atoms with van der Waals surface area (Å²) in [6.07, 6.45) is 5.21. The summed E-state index contributed by atoms with van der Waals surface area (Å²) in [5, 5.41) is 3.88. The first-order valence-electron chi connectivity index (χ1n) is 5.31. The molecule has 0 N–H and O–H groups in total. The Hall–Kier alpha value is -1.22. The van der Waals surface area contributed by atoms with Crippen molar-refractivity contribution in [1.29, 1.82) is 0 Å². The van der Waals surface area contributed by atoms with E-state index in [1.165, 1.54) is 7.11 Å². The third-order valence-corrected chi connectivity index (χ3v) is 3.76. The maximum absolute atomic E-state index is 11.7. The Morgan fingerprint density at radius 2 is 2.07 bits per heavy atom. The first kappa shape index (κ1) is 10.3. The Morgan fingerprint density at radius 1 is 1.40 bits per heavy atom. The van der Waals surface area contributed by atoms with Crippen molar-refractivity contribution in [2.75, 3.05) is 7.11 Å². The molecule has 0 spiro atoms. The molecule has 3 aliphatic carbocycles. The van der Waals surface area contributed by atoms with Crippen LogP contribution in [0.5, 0.6) is 0 Å². The van der Waals surface area contributed by atoms with Gasteiger partial charge in [-0.05, 0) is 31.2 Å². The molecule has 0 atom stereocenters. The van der Waals surface area contributed by atoms with Crippen LogP contribution in [-0.4, -0.2) is 18.6 Å². The maximum atomic E-state index is 11.7. The third-order valence-electron chi connectivity index (χ3n) is 3.76. The molecule has 0 aromatic heterocycles. The van der Waals surface area contributed by atoms with Gasteiger partial charge in [-0.15, -0.1) is 0 Å². The van der Waals surface area contributed by atoms with Gasteiger partial charge in [0, 0.05) is 4.91 Å². The summed E-state index contributed by atoms with van der Waals surface area (Å²) >= 11 is 0. The molecular formula is C10H15N3O2. The second-order valence-corrected chi connectivity index (χ2v) is 4.75. The number of esters is 1. The van der Waals surface area contributed by atoms with Gasteiger partial charge in [-0.1, -0.05) is 18.0 Å². The van der Waals surface area contributed by atoms with Gasteiger partial charge in [0.15, 0.2) is 0 Å². The fraction of sp³-hybridized carbons (Fsp3) is 0.900. The lowest BCUT2D eigenvalue weighted by Crippen LogP contribution is -2.53. The van der Waals surface area contributed by atoms with Crippen molar-refractivity contribution >= 4 is 5.97 Å². The van der Waals surface area contributed by atoms with Gasteiger partial charge in [0.05, 0.1) is 18.1 Å². The molecule has 0 amide bonds. The number of ether oxygens (including phenoxy) is 1. The van der Waals surface area contributed by atoms with E-state index in [4.69, 9.17) is 10.3 Å². The van der Waals surface area contributed by atoms with E-state index in [0.717, 1.165) is 25.7 Å². The molecule has 5 heteroatoms. The standard InChI is InChI=1S/C10H15N3O2/c1-15-8(14)9-4-2-3-5-10(6-9,7-9)12-13-11/h2-7H2,1H3. The molecule has 3 rings (SSSR count). The van der Waals surface area contributed by atoms with Crippen molar-refractivity contribution in [2.45, 2.75) is 44.1 Å². The maximum Gasteiger partial charge on any atom is 0.311 e. The molecule has 0 aromatic rings. The molecule has 0 heterocycles. The highest BCUT2D eigenvalue weighted by molar-refractivity contribution is 5.78. The molecule has 3 fully saturated rings. The van der Waals surface area contributed by atoms with Gasteiger partial charge in [-0.3, -0.25) is 4.79 Å². The van der Waals surface area contributed by atoms with E-state index in [0.29, 0.717) is 12.8 Å². The minimum atomic E-state index is -0.348. The number of fused-ring (bicyclic) bond motifs is 3. The van der Waals surface area contributed by atoms with Crippen molar-refractivity contribution in [2.24, 2.45) is 10.5 Å². The van der Waals surface area contributed by atoms with Crippen LogP contribution in [0.25, 0.3) is 10.4 Å². The predicted octanol–water partition coefficient (Wildman–Crippen LogP) is 2.56. The zero-order valence-corrected chi connectivity index (χ0v) is 8.90. The van der Waals surface area contributed by atoms with Crippen LogP contribution >= 0.6 is 0 Å². The summed E-state index contributed by atoms with van der Waals surface area (Å²) in [6.45, 7) is 0. The van der Waals surface area contributed by atoms with Crippen LogP contribution < -0.4 is 0 Å². The van der Waals surface area contributed by atoms with E-state index >= 15 is 0 Å². The largest absolute Gasteiger partial charge is 0.469 e. The highest BCUT2D eigenvalue weighted by Crippen LogP contribution is 2.58. The van der Waals surface area contributed by atoms with Crippen LogP contribution in [0.1, 0.15) is 38.5 Å². The van der Waals surface area contributed by atoms with Crippen LogP contribution in [0.3, 0.4) is 0 Å². The number of carbonyl (C=O) groups excluding carboxylic acids is 1. The minimum Gasteiger partial charge on any atom is -0.469 e. The Labute approximate surface area is 88.4 Å². The summed E-state index contributed by atoms with van der Waals surface area (Å²) < 4.78 is 4.84. The van der Waals surface area contributed by atoms with Gasteiger partial charge in [0.25, 0.3) is 0 Å². The first-order chi connectivity index (χ1) is 7.16. The molecule has 5 nitrogen and oxygen atoms in total. The normalized spacial score (nSPS) is 38.2. The van der Waals surface area contributed by atoms with Gasteiger partial charge >= 0.3 is 5.97 Å². The van der Waals surface area contributed by atoms with E-state index in [-0.39, 0.29) is 16.9 Å². The Kier molecular flexibility index (Phi) is 2.35. The lowest BCUT2D eigenvalue weighted by molar-refractivity contribution is -0.163. The number of hydrogen-bond acceptors (Lipinski definition) is 3. The predicted molar refractivity (Wildman–Crippen MR) is 54.0 cm³/mol. The number of azide groups is 1. The van der Waals surface area contributed by atoms with E-state index in [2.05, 4.69) is 10.0 Å². The zero-order valence-electron chi connectivity index (χ0n) is 8.90. The second kappa shape index (κ2) is 3.42. The third kappa shape index (κ3) is 1.47. The van der Waals surface area contributed by atoms with Crippen LogP contribution in [-0.2, 0) is 9.53 Å². The molecule has 15 heavy (non-hydrogen) atoms. The molecule has 0 saturated heterocycles. The summed E-state index contributed by atoms with van der Waals surface area (Å²) in [7, 11) is 1.43. The molecule has 3 saturated carbocycles. The average molecular weight is 209 g/mol. The van der Waals surface area contributed by atoms with E-state index in [1.54, 1.807) is 0 Å². The number of carbonyl (C=O) groups is 1. The number of nitrogens with zero attached hydrogens (tertiary/aromatic N) is 3. The van der Waals surface area contributed by atoms with Crippen molar-refractivity contribution in [1.82, 2.24) is 0 Å². The Bertz CT molecular complexity index is 328. The molecule has 82 valence electrons. The van der Waals surface area contributed by atoms with Crippen molar-refractivity contribution in [3.05, 3.63) is 10.4 Å². The van der Waals surface area contributed by atoms with Gasteiger partial charge in [-0.25, -0.2) is 0 Å². The highest BCUT2D eigenvalue weighted by atomic mass is 16.5. The van der Waals surface area contributed by atoms with Crippen molar-refractivity contribution in [3.8, 4) is 0 Å². The van der Waals surface area contributed by atoms with Crippen LogP contribution in [0.2, 0.25) is 0 Å². The van der Waals surface area contributed by atoms with Crippen LogP contribution in [0.4, 0.5) is 0 Å². The second-order valence-electron chi connectivity index (χ2n) is 4.75. The SMILES string of the molecule is COC(=O)C12CCCCC(N=[N+]=[N-])(C1)C2. The molecule has 0 unspecified atom stereocenters. The average Bonchev–Trinajstić information content (AvgIpc) is 2.47. The fourth-order valence-corrected chi connectivity index (χ4v) is 3.16. The van der Waals surface area contributed by atoms with Crippen molar-refractivity contribution in [3.63, 3.8) is 0 Å². The molecule has 3 aliphatic rings. The molecule has 0 aromatic carbocycles. The van der Waals surface area contributed by atoms with Gasteiger partial charge < -0.3 is 4.74 Å². The summed E-state index contributed by atoms with van der Waals surface area (Å²) in [5.74, 6) is -0.131. The summed E-state index contributed by atoms with van der Waals surface area (Å²) in [6, 6.07) is 0. The van der Waals surface area contributed by atoms with Crippen LogP contribution in [0, 0.1) is 5.41 Å². The topological polar surface area (TPSA) is 75.1 Å². The summed E-state index contributed by atoms with van der Waals surface area (Å²) in [4.78, 5) is 14.6. The summed E-state index contributed by atoms with van der Waals surface area (Å²) in [5.41, 5.74) is 7.88. The lowest BCUT2D eigenvalue weighted by Gasteiger charge is -2.50. The Morgan fingerprint density at radius 3 is 2.67 bits per heavy atom. The highest BCUT2D eigenvalue weighted by Gasteiger charge is 2.59. The van der Waals surface area contributed by atoms with Crippen molar-refractivity contribution < 1.29 is 9.53 Å². The molecule has 0 radical (unpaired) electrons. The number of rotatable bonds is 2. The van der Waals surface area contributed by atoms with Gasteiger partial charge in [-0.2, -0.15) is 0 Å². The van der Waals surface area contributed by atoms with E-state index in [1.807, 2.05) is 0 Å². The van der Waals surface area contributed by atoms with E-state index in [9.17, 15) is 4.79 Å². The molecular weight excluding hydrogens is 194 g/mol. The zero-order chi connectivity index (χ0) is 10.9. The lowest BCUT2D eigenvalue weighted by atomic mass is 9.56. The van der Waals surface area contributed by atoms with Crippen LogP contribution in [0.15, 0.2) is 5.11 Å². The fourth-order valence-electron chi connectivity index (χ4n) is 3.16. The Balaban J connectivity index is 2.20. The minimum absolute atomic E-state index is 0.131. The monoisotopic (exact) mass is 209 g/mol. The van der Waals surface area contributed by atoms with E-state index < -0.39 is 0 Å². The first-order valence-corrected chi connectivity index (χ1v) is 5.31. The smallest absolute Gasteiger partial charge is 0.311 e. The van der Waals surface area contributed by atoms with Gasteiger partial charge in [0.1, 0.15) is 0 Å². The number of hydrogen-bond donors (Lipinski definition) is 0. The quantitative estimate of drug-likeness (QED) is 0.303. The van der Waals surface area contributed by atoms with Gasteiger partial charge in [0.2, 0.25) is 0 Å². The molecule has 2 bridgehead atoms. The molecule has 0 aliphatic heterocycles. The number of methoxy groups -OCH3 is 1.